The molecule has 0 atom stereocenters. The van der Waals surface area contributed by atoms with Crippen LogP contribution >= 0.6 is 0 Å². The lowest BCUT2D eigenvalue weighted by atomic mass is 9.92. The van der Waals surface area contributed by atoms with Gasteiger partial charge in [-0.25, -0.2) is 0 Å². The second-order valence-corrected chi connectivity index (χ2v) is 4.06. The van der Waals surface area contributed by atoms with E-state index in [1.165, 1.54) is 6.20 Å². The quantitative estimate of drug-likeness (QED) is 0.639. The van der Waals surface area contributed by atoms with Gasteiger partial charge in [-0.15, -0.1) is 0 Å². The summed E-state index contributed by atoms with van der Waals surface area (Å²) in [6.45, 7) is 1.47. The molecule has 2 aromatic rings. The van der Waals surface area contributed by atoms with Gasteiger partial charge in [-0.05, 0) is 25.9 Å². The van der Waals surface area contributed by atoms with Crippen LogP contribution in [-0.4, -0.2) is 43.7 Å². The second kappa shape index (κ2) is 3.90. The lowest BCUT2D eigenvalue weighted by Gasteiger charge is -2.28. The van der Waals surface area contributed by atoms with Crippen LogP contribution in [0.4, 0.5) is 0 Å². The maximum atomic E-state index is 10.4. The zero-order chi connectivity index (χ0) is 11.7. The standard InChI is InChI=1S/C9H12N6O2/c16-9(1-3-10-4-2-9)8-12-7(14-17-8)6-5-11-15-13-6/h5,10,16H,1-4H2,(H,11,13,15). The molecule has 3 heterocycles. The van der Waals surface area contributed by atoms with Crippen molar-refractivity contribution >= 4 is 0 Å². The number of hydrogen-bond acceptors (Lipinski definition) is 7. The van der Waals surface area contributed by atoms with Crippen LogP contribution in [0.5, 0.6) is 0 Å². The SMILES string of the molecule is OC1(c2nc(-c3cn[nH]n3)no2)CCNCC1. The summed E-state index contributed by atoms with van der Waals surface area (Å²) >= 11 is 0. The van der Waals surface area contributed by atoms with Crippen LogP contribution in [0.2, 0.25) is 0 Å². The molecule has 90 valence electrons. The molecule has 0 aromatic carbocycles. The highest BCUT2D eigenvalue weighted by Crippen LogP contribution is 2.29. The maximum Gasteiger partial charge on any atom is 0.259 e. The molecule has 8 nitrogen and oxygen atoms in total. The molecule has 8 heteroatoms. The number of piperidine rings is 1. The molecule has 0 saturated carbocycles. The topological polar surface area (TPSA) is 113 Å². The molecule has 1 fully saturated rings. The Bertz CT molecular complexity index is 487. The molecule has 1 saturated heterocycles. The molecule has 1 aliphatic rings. The molecule has 3 N–H and O–H groups in total. The van der Waals surface area contributed by atoms with Crippen LogP contribution in [0, 0.1) is 0 Å². The molecule has 2 aromatic heterocycles. The Morgan fingerprint density at radius 3 is 2.88 bits per heavy atom. The first kappa shape index (κ1) is 10.4. The van der Waals surface area contributed by atoms with Gasteiger partial charge in [0.25, 0.3) is 5.89 Å². The number of aromatic amines is 1. The van der Waals surface area contributed by atoms with Gasteiger partial charge >= 0.3 is 0 Å². The highest BCUT2D eigenvalue weighted by Gasteiger charge is 2.37. The van der Waals surface area contributed by atoms with E-state index in [1.54, 1.807) is 0 Å². The number of aromatic nitrogens is 5. The zero-order valence-electron chi connectivity index (χ0n) is 9.05. The lowest BCUT2D eigenvalue weighted by molar-refractivity contribution is -0.0228. The Kier molecular flexibility index (Phi) is 2.37. The first-order chi connectivity index (χ1) is 8.28. The predicted molar refractivity (Wildman–Crippen MR) is 55.7 cm³/mol. The third-order valence-corrected chi connectivity index (χ3v) is 2.90. The van der Waals surface area contributed by atoms with Crippen molar-refractivity contribution in [3.8, 4) is 11.5 Å². The molecular formula is C9H12N6O2. The molecule has 0 bridgehead atoms. The van der Waals surface area contributed by atoms with Crippen molar-refractivity contribution in [1.82, 2.24) is 30.9 Å². The molecule has 3 rings (SSSR count). The van der Waals surface area contributed by atoms with Gasteiger partial charge in [0, 0.05) is 0 Å². The highest BCUT2D eigenvalue weighted by molar-refractivity contribution is 5.45. The smallest absolute Gasteiger partial charge is 0.259 e. The summed E-state index contributed by atoms with van der Waals surface area (Å²) in [7, 11) is 0. The van der Waals surface area contributed by atoms with E-state index < -0.39 is 5.60 Å². The van der Waals surface area contributed by atoms with E-state index in [2.05, 4.69) is 30.9 Å². The van der Waals surface area contributed by atoms with E-state index >= 15 is 0 Å². The summed E-state index contributed by atoms with van der Waals surface area (Å²) in [5.74, 6) is 0.581. The minimum atomic E-state index is -1.03. The monoisotopic (exact) mass is 236 g/mol. The minimum absolute atomic E-state index is 0.247. The van der Waals surface area contributed by atoms with E-state index in [0.717, 1.165) is 13.1 Å². The van der Waals surface area contributed by atoms with Crippen molar-refractivity contribution in [2.24, 2.45) is 0 Å². The number of H-pyrrole nitrogens is 1. The van der Waals surface area contributed by atoms with E-state index in [4.69, 9.17) is 4.52 Å². The van der Waals surface area contributed by atoms with Gasteiger partial charge < -0.3 is 14.9 Å². The summed E-state index contributed by atoms with van der Waals surface area (Å²) in [5, 5.41) is 27.3. The van der Waals surface area contributed by atoms with Gasteiger partial charge in [0.15, 0.2) is 5.69 Å². The van der Waals surface area contributed by atoms with Gasteiger partial charge in [0.1, 0.15) is 5.60 Å². The van der Waals surface area contributed by atoms with Gasteiger partial charge in [0.05, 0.1) is 6.20 Å². The van der Waals surface area contributed by atoms with Gasteiger partial charge in [-0.3, -0.25) is 0 Å². The fourth-order valence-electron chi connectivity index (χ4n) is 1.88. The molecule has 0 spiro atoms. The number of aliphatic hydroxyl groups is 1. The maximum absolute atomic E-state index is 10.4. The Hall–Kier alpha value is -1.80. The van der Waals surface area contributed by atoms with Crippen molar-refractivity contribution in [3.05, 3.63) is 12.1 Å². The molecule has 0 amide bonds. The number of nitrogens with one attached hydrogen (secondary N) is 2. The number of nitrogens with zero attached hydrogens (tertiary/aromatic N) is 4. The van der Waals surface area contributed by atoms with Crippen molar-refractivity contribution in [2.45, 2.75) is 18.4 Å². The van der Waals surface area contributed by atoms with Crippen molar-refractivity contribution in [1.29, 1.82) is 0 Å². The first-order valence-electron chi connectivity index (χ1n) is 5.41. The van der Waals surface area contributed by atoms with Crippen LogP contribution in [0.25, 0.3) is 11.5 Å². The zero-order valence-corrected chi connectivity index (χ0v) is 9.05. The second-order valence-electron chi connectivity index (χ2n) is 4.06. The molecule has 0 unspecified atom stereocenters. The molecule has 17 heavy (non-hydrogen) atoms. The summed E-state index contributed by atoms with van der Waals surface area (Å²) in [6, 6.07) is 0. The summed E-state index contributed by atoms with van der Waals surface area (Å²) in [5.41, 5.74) is -0.530. The van der Waals surface area contributed by atoms with Crippen molar-refractivity contribution < 1.29 is 9.63 Å². The third-order valence-electron chi connectivity index (χ3n) is 2.90. The molecule has 1 aliphatic heterocycles. The molecule has 0 radical (unpaired) electrons. The highest BCUT2D eigenvalue weighted by atomic mass is 16.5. The average molecular weight is 236 g/mol. The van der Waals surface area contributed by atoms with E-state index in [9.17, 15) is 5.11 Å². The van der Waals surface area contributed by atoms with Crippen LogP contribution < -0.4 is 5.32 Å². The minimum Gasteiger partial charge on any atom is -0.380 e. The fraction of sp³-hybridized carbons (Fsp3) is 0.556. The van der Waals surface area contributed by atoms with Gasteiger partial charge in [-0.1, -0.05) is 5.16 Å². The molecular weight excluding hydrogens is 224 g/mol. The van der Waals surface area contributed by atoms with Crippen molar-refractivity contribution in [2.75, 3.05) is 13.1 Å². The summed E-state index contributed by atoms with van der Waals surface area (Å²) in [6.07, 6.45) is 2.63. The Labute approximate surface area is 96.4 Å². The fourth-order valence-corrected chi connectivity index (χ4v) is 1.88. The van der Waals surface area contributed by atoms with E-state index in [0.29, 0.717) is 24.4 Å². The lowest BCUT2D eigenvalue weighted by Crippen LogP contribution is -2.39. The van der Waals surface area contributed by atoms with E-state index in [1.807, 2.05) is 0 Å². The van der Waals surface area contributed by atoms with Gasteiger partial charge in [-0.2, -0.15) is 20.4 Å². The number of rotatable bonds is 2. The van der Waals surface area contributed by atoms with Gasteiger partial charge in [0.2, 0.25) is 5.82 Å². The number of hydrogen-bond donors (Lipinski definition) is 3. The largest absolute Gasteiger partial charge is 0.380 e. The van der Waals surface area contributed by atoms with Crippen LogP contribution in [0.3, 0.4) is 0 Å². The first-order valence-corrected chi connectivity index (χ1v) is 5.41. The van der Waals surface area contributed by atoms with Crippen LogP contribution in [-0.2, 0) is 5.60 Å². The normalized spacial score (nSPS) is 19.4. The third kappa shape index (κ3) is 1.81. The summed E-state index contributed by atoms with van der Waals surface area (Å²) in [4.78, 5) is 4.17. The van der Waals surface area contributed by atoms with E-state index in [-0.39, 0.29) is 5.89 Å². The van der Waals surface area contributed by atoms with Crippen molar-refractivity contribution in [3.63, 3.8) is 0 Å². The summed E-state index contributed by atoms with van der Waals surface area (Å²) < 4.78 is 5.11. The average Bonchev–Trinajstić information content (AvgIpc) is 3.01. The Morgan fingerprint density at radius 1 is 1.35 bits per heavy atom. The Morgan fingerprint density at radius 2 is 2.18 bits per heavy atom. The van der Waals surface area contributed by atoms with Crippen LogP contribution in [0.15, 0.2) is 10.7 Å². The predicted octanol–water partition coefficient (Wildman–Crippen LogP) is -0.574. The Balaban J connectivity index is 1.89. The van der Waals surface area contributed by atoms with Crippen LogP contribution in [0.1, 0.15) is 18.7 Å². The molecule has 0 aliphatic carbocycles.